The molecule has 0 spiro atoms. The van der Waals surface area contributed by atoms with Gasteiger partial charge in [-0.1, -0.05) is 24.3 Å². The van der Waals surface area contributed by atoms with Gasteiger partial charge in [-0.05, 0) is 24.0 Å². The number of hydrogen-bond donors (Lipinski definition) is 0. The van der Waals surface area contributed by atoms with Gasteiger partial charge in [0, 0.05) is 11.8 Å². The fourth-order valence-electron chi connectivity index (χ4n) is 2.82. The minimum absolute atomic E-state index is 0.0209. The summed E-state index contributed by atoms with van der Waals surface area (Å²) in [5, 5.41) is 0. The summed E-state index contributed by atoms with van der Waals surface area (Å²) in [4.78, 5) is 23.2. The Morgan fingerprint density at radius 2 is 1.33 bits per heavy atom. The van der Waals surface area contributed by atoms with Crippen LogP contribution >= 0.6 is 0 Å². The summed E-state index contributed by atoms with van der Waals surface area (Å²) in [6.07, 6.45) is 1.71. The first-order valence-corrected chi connectivity index (χ1v) is 5.38. The molecule has 2 aliphatic rings. The highest BCUT2D eigenvalue weighted by Crippen LogP contribution is 2.36. The molecular formula is C13H12O2. The van der Waals surface area contributed by atoms with Crippen molar-refractivity contribution in [2.45, 2.75) is 19.3 Å². The third kappa shape index (κ3) is 1.24. The Morgan fingerprint density at radius 3 is 1.80 bits per heavy atom. The van der Waals surface area contributed by atoms with Gasteiger partial charge in [-0.15, -0.1) is 0 Å². The molecule has 2 aliphatic carbocycles. The molecule has 0 amide bonds. The van der Waals surface area contributed by atoms with Crippen LogP contribution in [0.3, 0.4) is 0 Å². The van der Waals surface area contributed by atoms with Crippen LogP contribution in [-0.4, -0.2) is 11.6 Å². The molecule has 1 fully saturated rings. The molecule has 0 heterocycles. The van der Waals surface area contributed by atoms with Crippen molar-refractivity contribution in [2.75, 3.05) is 0 Å². The molecule has 3 rings (SSSR count). The van der Waals surface area contributed by atoms with Gasteiger partial charge in [0.15, 0.2) is 0 Å². The van der Waals surface area contributed by atoms with Crippen molar-refractivity contribution in [2.24, 2.45) is 11.8 Å². The second kappa shape index (κ2) is 3.02. The van der Waals surface area contributed by atoms with E-state index in [0.29, 0.717) is 0 Å². The summed E-state index contributed by atoms with van der Waals surface area (Å²) in [6, 6.07) is 8.14. The van der Waals surface area contributed by atoms with Crippen LogP contribution in [0.4, 0.5) is 0 Å². The van der Waals surface area contributed by atoms with E-state index in [9.17, 15) is 9.59 Å². The lowest BCUT2D eigenvalue weighted by molar-refractivity contribution is -0.122. The molecule has 2 unspecified atom stereocenters. The maximum Gasteiger partial charge on any atom is 0.144 e. The first kappa shape index (κ1) is 8.84. The summed E-state index contributed by atoms with van der Waals surface area (Å²) in [5.41, 5.74) is 2.50. The smallest absolute Gasteiger partial charge is 0.144 e. The van der Waals surface area contributed by atoms with Gasteiger partial charge in [-0.2, -0.15) is 0 Å². The maximum absolute atomic E-state index is 11.6. The topological polar surface area (TPSA) is 34.1 Å². The van der Waals surface area contributed by atoms with Crippen LogP contribution in [0.1, 0.15) is 17.5 Å². The molecule has 0 N–H and O–H groups in total. The molecular weight excluding hydrogens is 188 g/mol. The molecule has 1 saturated carbocycles. The second-order valence-electron chi connectivity index (χ2n) is 4.50. The molecule has 1 aromatic carbocycles. The number of carbonyl (C=O) groups is 2. The van der Waals surface area contributed by atoms with Crippen molar-refractivity contribution in [3.8, 4) is 0 Å². The van der Waals surface area contributed by atoms with Crippen molar-refractivity contribution in [3.05, 3.63) is 35.4 Å². The molecule has 0 bridgehead atoms. The van der Waals surface area contributed by atoms with E-state index in [1.165, 1.54) is 11.1 Å². The van der Waals surface area contributed by atoms with E-state index < -0.39 is 0 Å². The summed E-state index contributed by atoms with van der Waals surface area (Å²) in [6.45, 7) is 0. The molecule has 2 nitrogen and oxygen atoms in total. The normalized spacial score (nSPS) is 28.8. The van der Waals surface area contributed by atoms with E-state index >= 15 is 0 Å². The molecule has 15 heavy (non-hydrogen) atoms. The molecule has 2 atom stereocenters. The van der Waals surface area contributed by atoms with Crippen molar-refractivity contribution in [3.63, 3.8) is 0 Å². The zero-order valence-electron chi connectivity index (χ0n) is 8.40. The minimum atomic E-state index is -0.0209. The quantitative estimate of drug-likeness (QED) is 0.595. The van der Waals surface area contributed by atoms with Gasteiger partial charge in [-0.25, -0.2) is 0 Å². The van der Waals surface area contributed by atoms with Gasteiger partial charge in [0.1, 0.15) is 11.6 Å². The Labute approximate surface area is 88.3 Å². The first-order chi connectivity index (χ1) is 7.25. The van der Waals surface area contributed by atoms with Crippen molar-refractivity contribution >= 4 is 11.6 Å². The van der Waals surface area contributed by atoms with Gasteiger partial charge in [0.2, 0.25) is 0 Å². The largest absolute Gasteiger partial charge is 0.299 e. The number of carbonyl (C=O) groups excluding carboxylic acids is 2. The van der Waals surface area contributed by atoms with Crippen LogP contribution in [-0.2, 0) is 22.4 Å². The summed E-state index contributed by atoms with van der Waals surface area (Å²) in [7, 11) is 0. The Hall–Kier alpha value is -1.44. The highest BCUT2D eigenvalue weighted by molar-refractivity contribution is 6.09. The van der Waals surface area contributed by atoms with E-state index in [-0.39, 0.29) is 29.8 Å². The SMILES string of the molecule is O=C1CC(=O)C2Cc3ccccc3CC12. The summed E-state index contributed by atoms with van der Waals surface area (Å²) in [5.74, 6) is 0.263. The van der Waals surface area contributed by atoms with Crippen LogP contribution in [0, 0.1) is 11.8 Å². The van der Waals surface area contributed by atoms with Crippen molar-refractivity contribution < 1.29 is 9.59 Å². The molecule has 2 heteroatoms. The first-order valence-electron chi connectivity index (χ1n) is 5.38. The maximum atomic E-state index is 11.6. The second-order valence-corrected chi connectivity index (χ2v) is 4.50. The highest BCUT2D eigenvalue weighted by atomic mass is 16.2. The monoisotopic (exact) mass is 200 g/mol. The molecule has 0 aromatic heterocycles. The minimum Gasteiger partial charge on any atom is -0.299 e. The number of hydrogen-bond acceptors (Lipinski definition) is 2. The third-order valence-corrected chi connectivity index (χ3v) is 3.66. The average molecular weight is 200 g/mol. The summed E-state index contributed by atoms with van der Waals surface area (Å²) < 4.78 is 0. The number of rotatable bonds is 0. The van der Waals surface area contributed by atoms with Crippen LogP contribution in [0.2, 0.25) is 0 Å². The van der Waals surface area contributed by atoms with Gasteiger partial charge in [0.25, 0.3) is 0 Å². The Kier molecular flexibility index (Phi) is 1.78. The van der Waals surface area contributed by atoms with Gasteiger partial charge >= 0.3 is 0 Å². The van der Waals surface area contributed by atoms with Gasteiger partial charge in [-0.3, -0.25) is 9.59 Å². The van der Waals surface area contributed by atoms with Crippen molar-refractivity contribution in [1.82, 2.24) is 0 Å². The number of benzene rings is 1. The lowest BCUT2D eigenvalue weighted by Crippen LogP contribution is -2.27. The molecule has 0 radical (unpaired) electrons. The van der Waals surface area contributed by atoms with Crippen molar-refractivity contribution in [1.29, 1.82) is 0 Å². The standard InChI is InChI=1S/C13H12O2/c14-12-7-13(15)11-6-9-4-2-1-3-8(9)5-10(11)12/h1-4,10-11H,5-7H2. The Bertz CT molecular complexity index is 407. The highest BCUT2D eigenvalue weighted by Gasteiger charge is 2.43. The molecule has 76 valence electrons. The molecule has 0 saturated heterocycles. The zero-order valence-corrected chi connectivity index (χ0v) is 8.40. The summed E-state index contributed by atoms with van der Waals surface area (Å²) >= 11 is 0. The Balaban J connectivity index is 2.03. The van der Waals surface area contributed by atoms with E-state index in [1.54, 1.807) is 0 Å². The van der Waals surface area contributed by atoms with Gasteiger partial charge in [0.05, 0.1) is 6.42 Å². The fourth-order valence-corrected chi connectivity index (χ4v) is 2.82. The van der Waals surface area contributed by atoms with E-state index in [4.69, 9.17) is 0 Å². The van der Waals surface area contributed by atoms with E-state index in [1.807, 2.05) is 12.1 Å². The van der Waals surface area contributed by atoms with Gasteiger partial charge < -0.3 is 0 Å². The molecule has 1 aromatic rings. The van der Waals surface area contributed by atoms with Crippen LogP contribution in [0.15, 0.2) is 24.3 Å². The predicted octanol–water partition coefficient (Wildman–Crippen LogP) is 1.56. The van der Waals surface area contributed by atoms with E-state index in [2.05, 4.69) is 12.1 Å². The van der Waals surface area contributed by atoms with E-state index in [0.717, 1.165) is 12.8 Å². The van der Waals surface area contributed by atoms with Crippen LogP contribution < -0.4 is 0 Å². The predicted molar refractivity (Wildman–Crippen MR) is 55.5 cm³/mol. The zero-order chi connectivity index (χ0) is 10.4. The third-order valence-electron chi connectivity index (χ3n) is 3.66. The fraction of sp³-hybridized carbons (Fsp3) is 0.385. The Morgan fingerprint density at radius 1 is 0.867 bits per heavy atom. The van der Waals surface area contributed by atoms with Crippen LogP contribution in [0.5, 0.6) is 0 Å². The molecule has 0 aliphatic heterocycles. The number of fused-ring (bicyclic) bond motifs is 2. The van der Waals surface area contributed by atoms with Crippen LogP contribution in [0.25, 0.3) is 0 Å². The number of ketones is 2. The lowest BCUT2D eigenvalue weighted by Gasteiger charge is -2.25. The number of Topliss-reactive ketones (excluding diaryl/α,β-unsaturated/α-hetero) is 2. The lowest BCUT2D eigenvalue weighted by atomic mass is 9.77. The average Bonchev–Trinajstić information content (AvgIpc) is 2.52.